The van der Waals surface area contributed by atoms with E-state index < -0.39 is 12.5 Å². The van der Waals surface area contributed by atoms with Crippen molar-refractivity contribution < 1.29 is 23.7 Å². The first kappa shape index (κ1) is 14.6. The number of hydrogen-bond donors (Lipinski definition) is 2. The summed E-state index contributed by atoms with van der Waals surface area (Å²) >= 11 is 0. The van der Waals surface area contributed by atoms with Gasteiger partial charge in [0.1, 0.15) is 13.6 Å². The molecule has 0 spiro atoms. The van der Waals surface area contributed by atoms with Gasteiger partial charge in [-0.3, -0.25) is 0 Å². The average molecular weight is 255 g/mol. The maximum Gasteiger partial charge on any atom is 0.228 e. The highest BCUT2D eigenvalue weighted by atomic mass is 19.1. The van der Waals surface area contributed by atoms with Gasteiger partial charge in [-0.15, -0.1) is 0 Å². The minimum atomic E-state index is -1.87. The number of aliphatic hydroxyl groups is 1. The molecule has 98 valence electrons. The summed E-state index contributed by atoms with van der Waals surface area (Å²) in [5, 5.41) is 9.40. The Labute approximate surface area is 106 Å². The van der Waals surface area contributed by atoms with Gasteiger partial charge in [0.15, 0.2) is 11.5 Å². The van der Waals surface area contributed by atoms with Crippen LogP contribution in [-0.2, 0) is 6.42 Å². The van der Waals surface area contributed by atoms with Crippen molar-refractivity contribution in [2.45, 2.75) is 12.0 Å². The molecule has 0 aliphatic carbocycles. The van der Waals surface area contributed by atoms with E-state index in [0.717, 1.165) is 0 Å². The second-order valence-corrected chi connectivity index (χ2v) is 3.74. The molecular weight excluding hydrogens is 240 g/mol. The van der Waals surface area contributed by atoms with Crippen molar-refractivity contribution in [3.8, 4) is 17.2 Å². The Morgan fingerprint density at radius 1 is 1.28 bits per heavy atom. The Bertz CT molecular complexity index is 409. The molecular formula is C11H15BFNO4. The van der Waals surface area contributed by atoms with Gasteiger partial charge in [-0.2, -0.15) is 0 Å². The summed E-state index contributed by atoms with van der Waals surface area (Å²) < 4.78 is 27.1. The van der Waals surface area contributed by atoms with E-state index in [2.05, 4.69) is 0 Å². The number of nitrogens with two attached hydrogens (primary N) is 1. The summed E-state index contributed by atoms with van der Waals surface area (Å²) in [7, 11) is 8.16. The third kappa shape index (κ3) is 3.78. The third-order valence-corrected chi connectivity index (χ3v) is 2.25. The highest BCUT2D eigenvalue weighted by Crippen LogP contribution is 2.35. The van der Waals surface area contributed by atoms with Crippen molar-refractivity contribution in [2.75, 3.05) is 21.1 Å². The van der Waals surface area contributed by atoms with E-state index in [9.17, 15) is 9.50 Å². The van der Waals surface area contributed by atoms with Crippen LogP contribution >= 0.6 is 0 Å². The largest absolute Gasteiger partial charge is 0.496 e. The Balaban J connectivity index is 3.17. The molecule has 18 heavy (non-hydrogen) atoms. The molecule has 0 saturated carbocycles. The molecule has 0 aliphatic heterocycles. The van der Waals surface area contributed by atoms with Gasteiger partial charge in [0, 0.05) is 18.1 Å². The fourth-order valence-corrected chi connectivity index (χ4v) is 1.55. The second-order valence-electron chi connectivity index (χ2n) is 3.74. The number of benzene rings is 1. The number of hydrogen-bond acceptors (Lipinski definition) is 5. The van der Waals surface area contributed by atoms with Crippen molar-refractivity contribution in [1.29, 1.82) is 0 Å². The average Bonchev–Trinajstić information content (AvgIpc) is 2.28. The molecule has 0 fully saturated rings. The molecule has 1 rings (SSSR count). The highest BCUT2D eigenvalue weighted by molar-refractivity contribution is 6.13. The van der Waals surface area contributed by atoms with E-state index in [-0.39, 0.29) is 12.2 Å². The Hall–Kier alpha value is -1.47. The molecule has 0 heterocycles. The predicted molar refractivity (Wildman–Crippen MR) is 64.7 cm³/mol. The van der Waals surface area contributed by atoms with E-state index in [1.54, 1.807) is 0 Å². The lowest BCUT2D eigenvalue weighted by Crippen LogP contribution is -2.42. The molecule has 7 heteroatoms. The summed E-state index contributed by atoms with van der Waals surface area (Å²) in [6, 6.07) is 2.97. The number of halogens is 1. The minimum Gasteiger partial charge on any atom is -0.496 e. The van der Waals surface area contributed by atoms with E-state index >= 15 is 0 Å². The summed E-state index contributed by atoms with van der Waals surface area (Å²) in [6.45, 7) is -0.990. The van der Waals surface area contributed by atoms with Gasteiger partial charge >= 0.3 is 0 Å². The first-order chi connectivity index (χ1) is 8.41. The van der Waals surface area contributed by atoms with Crippen LogP contribution in [0.4, 0.5) is 4.39 Å². The van der Waals surface area contributed by atoms with Crippen molar-refractivity contribution in [1.82, 2.24) is 0 Å². The molecule has 1 aromatic rings. The molecule has 0 amide bonds. The number of alkyl halides is 1. The lowest BCUT2D eigenvalue weighted by Gasteiger charge is -2.21. The van der Waals surface area contributed by atoms with Crippen molar-refractivity contribution in [2.24, 2.45) is 5.73 Å². The van der Waals surface area contributed by atoms with Crippen LogP contribution in [0.2, 0.25) is 0 Å². The zero-order valence-electron chi connectivity index (χ0n) is 10.3. The summed E-state index contributed by atoms with van der Waals surface area (Å²) in [4.78, 5) is 0. The molecule has 1 unspecified atom stereocenters. The quantitative estimate of drug-likeness (QED) is 0.565. The fourth-order valence-electron chi connectivity index (χ4n) is 1.55. The highest BCUT2D eigenvalue weighted by Gasteiger charge is 2.19. The third-order valence-electron chi connectivity index (χ3n) is 2.25. The molecule has 1 atom stereocenters. The van der Waals surface area contributed by atoms with Crippen LogP contribution in [-0.4, -0.2) is 39.7 Å². The van der Waals surface area contributed by atoms with Crippen molar-refractivity contribution in [3.05, 3.63) is 17.7 Å². The molecule has 0 saturated heterocycles. The fraction of sp³-hybridized carbons (Fsp3) is 0.455. The van der Waals surface area contributed by atoms with Gasteiger partial charge in [0.2, 0.25) is 6.86 Å². The van der Waals surface area contributed by atoms with Crippen molar-refractivity contribution >= 4 is 7.85 Å². The maximum absolute atomic E-state index is 12.2. The zero-order valence-corrected chi connectivity index (χ0v) is 10.3. The van der Waals surface area contributed by atoms with E-state index in [0.29, 0.717) is 17.1 Å². The van der Waals surface area contributed by atoms with Gasteiger partial charge in [0.05, 0.1) is 19.8 Å². The molecule has 5 nitrogen and oxygen atoms in total. The van der Waals surface area contributed by atoms with Crippen LogP contribution in [0, 0.1) is 0 Å². The van der Waals surface area contributed by atoms with Crippen LogP contribution in [0.25, 0.3) is 0 Å². The maximum atomic E-state index is 12.2. The van der Waals surface area contributed by atoms with E-state index in [1.807, 2.05) is 0 Å². The van der Waals surface area contributed by atoms with Crippen LogP contribution in [0.1, 0.15) is 5.56 Å². The Morgan fingerprint density at radius 2 is 1.89 bits per heavy atom. The lowest BCUT2D eigenvalue weighted by molar-refractivity contribution is 0.134. The summed E-state index contributed by atoms with van der Waals surface area (Å²) in [5.41, 5.74) is 3.97. The Morgan fingerprint density at radius 3 is 2.33 bits per heavy atom. The van der Waals surface area contributed by atoms with Crippen LogP contribution in [0.15, 0.2) is 12.1 Å². The first-order valence-electron chi connectivity index (χ1n) is 5.15. The normalized spacial score (nSPS) is 13.8. The zero-order chi connectivity index (χ0) is 13.8. The van der Waals surface area contributed by atoms with Gasteiger partial charge in [0.25, 0.3) is 0 Å². The predicted octanol–water partition coefficient (Wildman–Crippen LogP) is 0.325. The van der Waals surface area contributed by atoms with Gasteiger partial charge in [-0.05, 0) is 6.07 Å². The lowest BCUT2D eigenvalue weighted by atomic mass is 9.85. The monoisotopic (exact) mass is 255 g/mol. The molecule has 0 aromatic heterocycles. The van der Waals surface area contributed by atoms with Gasteiger partial charge in [-0.25, -0.2) is 4.39 Å². The van der Waals surface area contributed by atoms with Crippen LogP contribution < -0.4 is 19.9 Å². The molecule has 0 bridgehead atoms. The first-order valence-corrected chi connectivity index (χ1v) is 5.15. The molecule has 2 radical (unpaired) electrons. The van der Waals surface area contributed by atoms with Crippen LogP contribution in [0.3, 0.4) is 0 Å². The topological polar surface area (TPSA) is 73.9 Å². The standard InChI is InChI=1S/C11H15BFNO4/c1-16-8-4-10(18-6-13)9(17-2)3-7(8)5-11(12,14)15/h3-4,15H,5-6,14H2,1-2H3. The minimum absolute atomic E-state index is 0.0531. The van der Waals surface area contributed by atoms with Crippen molar-refractivity contribution in [3.63, 3.8) is 0 Å². The number of methoxy groups -OCH3 is 2. The Kier molecular flexibility index (Phi) is 4.80. The second kappa shape index (κ2) is 5.93. The molecule has 3 N–H and O–H groups in total. The van der Waals surface area contributed by atoms with Gasteiger partial charge < -0.3 is 25.1 Å². The summed E-state index contributed by atoms with van der Waals surface area (Å²) in [5.74, 6) is 0.861. The summed E-state index contributed by atoms with van der Waals surface area (Å²) in [6.07, 6.45) is -0.0531. The number of ether oxygens (including phenoxy) is 3. The van der Waals surface area contributed by atoms with E-state index in [4.69, 9.17) is 27.8 Å². The molecule has 1 aromatic carbocycles. The smallest absolute Gasteiger partial charge is 0.228 e. The van der Waals surface area contributed by atoms with E-state index in [1.165, 1.54) is 26.4 Å². The number of rotatable bonds is 6. The van der Waals surface area contributed by atoms with Crippen LogP contribution in [0.5, 0.6) is 17.2 Å². The molecule has 0 aliphatic rings. The van der Waals surface area contributed by atoms with Gasteiger partial charge in [-0.1, -0.05) is 0 Å². The SMILES string of the molecule is [B]C(N)(O)Cc1cc(OC)c(OCF)cc1OC.